The van der Waals surface area contributed by atoms with E-state index in [0.717, 1.165) is 5.69 Å². The number of nitrogens with one attached hydrogen (secondary N) is 1. The number of esters is 1. The molecule has 122 valence electrons. The Balaban J connectivity index is 1.90. The highest BCUT2D eigenvalue weighted by Gasteiger charge is 2.26. The molecule has 1 unspecified atom stereocenters. The molecule has 2 aromatic heterocycles. The van der Waals surface area contributed by atoms with Crippen molar-refractivity contribution in [2.24, 2.45) is 0 Å². The van der Waals surface area contributed by atoms with Crippen LogP contribution < -0.4 is 5.32 Å². The van der Waals surface area contributed by atoms with Gasteiger partial charge >= 0.3 is 5.97 Å². The van der Waals surface area contributed by atoms with Gasteiger partial charge in [-0.15, -0.1) is 5.10 Å². The molecule has 1 atom stereocenters. The van der Waals surface area contributed by atoms with Crippen LogP contribution in [0.3, 0.4) is 0 Å². The Morgan fingerprint density at radius 1 is 1.21 bits per heavy atom. The minimum atomic E-state index is -0.940. The minimum Gasteiger partial charge on any atom is -0.467 e. The van der Waals surface area contributed by atoms with Crippen LogP contribution in [0.15, 0.2) is 42.6 Å². The Labute approximate surface area is 137 Å². The first-order valence-electron chi connectivity index (χ1n) is 7.22. The van der Waals surface area contributed by atoms with Gasteiger partial charge in [-0.25, -0.2) is 14.3 Å². The SMILES string of the molecule is COC(=O)C(NC(=O)c1nc2nccc(C)n2n1)c1ccccc1. The van der Waals surface area contributed by atoms with Crippen molar-refractivity contribution in [3.8, 4) is 0 Å². The summed E-state index contributed by atoms with van der Waals surface area (Å²) >= 11 is 0. The zero-order valence-corrected chi connectivity index (χ0v) is 13.1. The summed E-state index contributed by atoms with van der Waals surface area (Å²) in [6, 6.07) is 9.63. The Hall–Kier alpha value is -3.29. The van der Waals surface area contributed by atoms with E-state index in [-0.39, 0.29) is 5.82 Å². The number of hydrogen-bond donors (Lipinski definition) is 1. The molecule has 0 spiro atoms. The third kappa shape index (κ3) is 2.94. The van der Waals surface area contributed by atoms with Crippen LogP contribution in [0.2, 0.25) is 0 Å². The second-order valence-electron chi connectivity index (χ2n) is 5.07. The van der Waals surface area contributed by atoms with Crippen LogP contribution >= 0.6 is 0 Å². The molecule has 0 aliphatic rings. The van der Waals surface area contributed by atoms with Gasteiger partial charge in [0, 0.05) is 11.9 Å². The number of carbonyl (C=O) groups excluding carboxylic acids is 2. The second-order valence-corrected chi connectivity index (χ2v) is 5.07. The Kier molecular flexibility index (Phi) is 4.19. The van der Waals surface area contributed by atoms with Crippen molar-refractivity contribution in [3.63, 3.8) is 0 Å². The summed E-state index contributed by atoms with van der Waals surface area (Å²) in [7, 11) is 1.26. The Bertz CT molecular complexity index is 891. The first-order valence-corrected chi connectivity index (χ1v) is 7.22. The van der Waals surface area contributed by atoms with Gasteiger partial charge in [-0.2, -0.15) is 4.98 Å². The van der Waals surface area contributed by atoms with Gasteiger partial charge in [-0.05, 0) is 18.6 Å². The van der Waals surface area contributed by atoms with Gasteiger partial charge in [0.05, 0.1) is 7.11 Å². The Morgan fingerprint density at radius 3 is 2.62 bits per heavy atom. The molecule has 0 saturated heterocycles. The number of aryl methyl sites for hydroxylation is 1. The second kappa shape index (κ2) is 6.45. The van der Waals surface area contributed by atoms with E-state index in [1.807, 2.05) is 13.0 Å². The predicted molar refractivity (Wildman–Crippen MR) is 84.2 cm³/mol. The lowest BCUT2D eigenvalue weighted by Gasteiger charge is -2.15. The van der Waals surface area contributed by atoms with Crippen LogP contribution in [0.4, 0.5) is 0 Å². The average molecular weight is 325 g/mol. The molecule has 0 bridgehead atoms. The normalized spacial score (nSPS) is 11.9. The molecule has 24 heavy (non-hydrogen) atoms. The van der Waals surface area contributed by atoms with Gasteiger partial charge in [0.1, 0.15) is 0 Å². The monoisotopic (exact) mass is 325 g/mol. The molecule has 0 fully saturated rings. The molecule has 8 heteroatoms. The maximum atomic E-state index is 12.4. The van der Waals surface area contributed by atoms with Gasteiger partial charge in [0.25, 0.3) is 11.7 Å². The van der Waals surface area contributed by atoms with Crippen LogP contribution in [0.1, 0.15) is 27.9 Å². The van der Waals surface area contributed by atoms with Gasteiger partial charge < -0.3 is 10.1 Å². The van der Waals surface area contributed by atoms with Crippen molar-refractivity contribution in [1.82, 2.24) is 24.9 Å². The van der Waals surface area contributed by atoms with E-state index in [4.69, 9.17) is 4.74 Å². The van der Waals surface area contributed by atoms with Crippen LogP contribution in [0, 0.1) is 6.92 Å². The fourth-order valence-corrected chi connectivity index (χ4v) is 2.24. The van der Waals surface area contributed by atoms with Gasteiger partial charge in [-0.1, -0.05) is 30.3 Å². The van der Waals surface area contributed by atoms with E-state index in [1.54, 1.807) is 36.5 Å². The van der Waals surface area contributed by atoms with Crippen molar-refractivity contribution in [1.29, 1.82) is 0 Å². The molecule has 1 aromatic carbocycles. The first-order chi connectivity index (χ1) is 11.6. The zero-order chi connectivity index (χ0) is 17.1. The van der Waals surface area contributed by atoms with E-state index >= 15 is 0 Å². The highest BCUT2D eigenvalue weighted by Crippen LogP contribution is 2.15. The minimum absolute atomic E-state index is 0.0679. The lowest BCUT2D eigenvalue weighted by Crippen LogP contribution is -2.35. The summed E-state index contributed by atoms with van der Waals surface area (Å²) in [5.74, 6) is -0.914. The molecular formula is C16H15N5O3. The molecule has 0 radical (unpaired) electrons. The van der Waals surface area contributed by atoms with E-state index in [1.165, 1.54) is 11.6 Å². The quantitative estimate of drug-likeness (QED) is 0.721. The molecule has 3 aromatic rings. The number of methoxy groups -OCH3 is 1. The third-order valence-corrected chi connectivity index (χ3v) is 3.48. The Morgan fingerprint density at radius 2 is 1.96 bits per heavy atom. The molecule has 1 amide bonds. The van der Waals surface area contributed by atoms with E-state index in [2.05, 4.69) is 20.4 Å². The van der Waals surface area contributed by atoms with E-state index in [9.17, 15) is 9.59 Å². The van der Waals surface area contributed by atoms with Gasteiger partial charge in [-0.3, -0.25) is 4.79 Å². The van der Waals surface area contributed by atoms with Gasteiger partial charge in [0.15, 0.2) is 6.04 Å². The number of amides is 1. The molecule has 0 aliphatic carbocycles. The summed E-state index contributed by atoms with van der Waals surface area (Å²) in [5.41, 5.74) is 1.40. The number of ether oxygens (including phenoxy) is 1. The fourth-order valence-electron chi connectivity index (χ4n) is 2.24. The van der Waals surface area contributed by atoms with Crippen LogP contribution in [0.25, 0.3) is 5.78 Å². The molecule has 1 N–H and O–H groups in total. The van der Waals surface area contributed by atoms with Crippen molar-refractivity contribution in [3.05, 3.63) is 59.7 Å². The van der Waals surface area contributed by atoms with E-state index in [0.29, 0.717) is 11.3 Å². The first kappa shape index (κ1) is 15.6. The number of fused-ring (bicyclic) bond motifs is 1. The molecule has 0 aliphatic heterocycles. The summed E-state index contributed by atoms with van der Waals surface area (Å²) in [6.45, 7) is 1.83. The third-order valence-electron chi connectivity index (χ3n) is 3.48. The number of aromatic nitrogens is 4. The highest BCUT2D eigenvalue weighted by molar-refractivity contribution is 5.94. The number of rotatable bonds is 4. The van der Waals surface area contributed by atoms with Crippen molar-refractivity contribution in [2.75, 3.05) is 7.11 Å². The van der Waals surface area contributed by atoms with Crippen LogP contribution in [-0.4, -0.2) is 38.6 Å². The average Bonchev–Trinajstić information content (AvgIpc) is 3.05. The lowest BCUT2D eigenvalue weighted by molar-refractivity contribution is -0.143. The molecule has 0 saturated carbocycles. The summed E-state index contributed by atoms with van der Waals surface area (Å²) in [6.07, 6.45) is 1.59. The molecule has 8 nitrogen and oxygen atoms in total. The van der Waals surface area contributed by atoms with Crippen molar-refractivity contribution >= 4 is 17.7 Å². The molecule has 3 rings (SSSR count). The van der Waals surface area contributed by atoms with Gasteiger partial charge in [0.2, 0.25) is 5.82 Å². The number of benzene rings is 1. The fraction of sp³-hybridized carbons (Fsp3) is 0.188. The predicted octanol–water partition coefficient (Wildman–Crippen LogP) is 1.08. The number of carbonyl (C=O) groups is 2. The lowest BCUT2D eigenvalue weighted by atomic mass is 10.1. The summed E-state index contributed by atoms with van der Waals surface area (Å²) < 4.78 is 6.23. The number of nitrogens with zero attached hydrogens (tertiary/aromatic N) is 4. The van der Waals surface area contributed by atoms with Crippen molar-refractivity contribution < 1.29 is 14.3 Å². The smallest absolute Gasteiger partial charge is 0.333 e. The maximum Gasteiger partial charge on any atom is 0.333 e. The van der Waals surface area contributed by atoms with Crippen LogP contribution in [-0.2, 0) is 9.53 Å². The summed E-state index contributed by atoms with van der Waals surface area (Å²) in [5, 5.41) is 6.72. The van der Waals surface area contributed by atoms with Crippen molar-refractivity contribution in [2.45, 2.75) is 13.0 Å². The summed E-state index contributed by atoms with van der Waals surface area (Å²) in [4.78, 5) is 32.6. The topological polar surface area (TPSA) is 98.5 Å². The largest absolute Gasteiger partial charge is 0.467 e. The highest BCUT2D eigenvalue weighted by atomic mass is 16.5. The zero-order valence-electron chi connectivity index (χ0n) is 13.1. The van der Waals surface area contributed by atoms with Crippen LogP contribution in [0.5, 0.6) is 0 Å². The standard InChI is InChI=1S/C16H15N5O3/c1-10-8-9-17-16-19-13(20-21(10)16)14(22)18-12(15(23)24-2)11-6-4-3-5-7-11/h3-9,12H,1-2H3,(H,18,22). The number of hydrogen-bond acceptors (Lipinski definition) is 6. The van der Waals surface area contributed by atoms with E-state index < -0.39 is 17.9 Å². The maximum absolute atomic E-state index is 12.4. The molecule has 2 heterocycles. The molecular weight excluding hydrogens is 310 g/mol.